The van der Waals surface area contributed by atoms with Crippen molar-refractivity contribution in [2.75, 3.05) is 13.2 Å². The standard InChI is InChI=1S/C10H11BrFNO2/c11-9-6(3-13)1-2-8(10(9)12)15-7-4-14-5-7/h1-2,7H,3-5,13H2. The molecule has 3 nitrogen and oxygen atoms in total. The fourth-order valence-corrected chi connectivity index (χ4v) is 1.77. The molecule has 0 aromatic heterocycles. The second-order valence-electron chi connectivity index (χ2n) is 3.33. The molecule has 0 radical (unpaired) electrons. The third-order valence-corrected chi connectivity index (χ3v) is 3.11. The summed E-state index contributed by atoms with van der Waals surface area (Å²) >= 11 is 3.15. The first-order chi connectivity index (χ1) is 7.22. The zero-order chi connectivity index (χ0) is 10.8. The predicted octanol–water partition coefficient (Wildman–Crippen LogP) is 1.82. The van der Waals surface area contributed by atoms with E-state index in [1.807, 2.05) is 0 Å². The highest BCUT2D eigenvalue weighted by atomic mass is 79.9. The molecular weight excluding hydrogens is 265 g/mol. The Morgan fingerprint density at radius 3 is 2.80 bits per heavy atom. The molecule has 5 heteroatoms. The van der Waals surface area contributed by atoms with Gasteiger partial charge in [0.2, 0.25) is 0 Å². The van der Waals surface area contributed by atoms with Gasteiger partial charge in [0.15, 0.2) is 11.6 Å². The Labute approximate surface area is 95.5 Å². The van der Waals surface area contributed by atoms with Gasteiger partial charge in [-0.25, -0.2) is 4.39 Å². The average molecular weight is 276 g/mol. The van der Waals surface area contributed by atoms with Crippen molar-refractivity contribution in [3.8, 4) is 5.75 Å². The number of hydrogen-bond donors (Lipinski definition) is 1. The van der Waals surface area contributed by atoms with Crippen LogP contribution in [0.1, 0.15) is 5.56 Å². The Balaban J connectivity index is 2.20. The lowest BCUT2D eigenvalue weighted by atomic mass is 10.2. The van der Waals surface area contributed by atoms with Crippen LogP contribution in [-0.4, -0.2) is 19.3 Å². The Kier molecular flexibility index (Phi) is 3.23. The first-order valence-corrected chi connectivity index (χ1v) is 5.43. The molecule has 1 saturated heterocycles. The van der Waals surface area contributed by atoms with Gasteiger partial charge >= 0.3 is 0 Å². The van der Waals surface area contributed by atoms with Gasteiger partial charge in [0.1, 0.15) is 6.10 Å². The summed E-state index contributed by atoms with van der Waals surface area (Å²) < 4.78 is 24.4. The minimum atomic E-state index is -0.398. The summed E-state index contributed by atoms with van der Waals surface area (Å²) in [7, 11) is 0. The van der Waals surface area contributed by atoms with Crippen molar-refractivity contribution >= 4 is 15.9 Å². The average Bonchev–Trinajstić information content (AvgIpc) is 2.18. The Morgan fingerprint density at radius 2 is 2.27 bits per heavy atom. The Hall–Kier alpha value is -0.650. The molecule has 1 aromatic rings. The highest BCUT2D eigenvalue weighted by molar-refractivity contribution is 9.10. The highest BCUT2D eigenvalue weighted by Crippen LogP contribution is 2.29. The van der Waals surface area contributed by atoms with Crippen molar-refractivity contribution in [2.24, 2.45) is 5.73 Å². The van der Waals surface area contributed by atoms with Gasteiger partial charge in [-0.2, -0.15) is 0 Å². The van der Waals surface area contributed by atoms with Crippen molar-refractivity contribution < 1.29 is 13.9 Å². The smallest absolute Gasteiger partial charge is 0.179 e. The lowest BCUT2D eigenvalue weighted by Gasteiger charge is -2.27. The van der Waals surface area contributed by atoms with Gasteiger partial charge < -0.3 is 15.2 Å². The maximum atomic E-state index is 13.7. The van der Waals surface area contributed by atoms with Crippen molar-refractivity contribution in [1.82, 2.24) is 0 Å². The molecule has 1 heterocycles. The summed E-state index contributed by atoms with van der Waals surface area (Å²) in [5, 5.41) is 0. The molecule has 0 spiro atoms. The quantitative estimate of drug-likeness (QED) is 0.916. The van der Waals surface area contributed by atoms with E-state index in [1.165, 1.54) is 0 Å². The molecule has 0 amide bonds. The summed E-state index contributed by atoms with van der Waals surface area (Å²) in [6.07, 6.45) is -0.0323. The van der Waals surface area contributed by atoms with Crippen LogP contribution in [0.25, 0.3) is 0 Å². The maximum Gasteiger partial charge on any atom is 0.179 e. The Morgan fingerprint density at radius 1 is 1.53 bits per heavy atom. The van der Waals surface area contributed by atoms with Crippen molar-refractivity contribution in [3.05, 3.63) is 28.0 Å². The summed E-state index contributed by atoms with van der Waals surface area (Å²) in [5.41, 5.74) is 6.18. The van der Waals surface area contributed by atoms with E-state index < -0.39 is 5.82 Å². The zero-order valence-electron chi connectivity index (χ0n) is 8.00. The monoisotopic (exact) mass is 275 g/mol. The van der Waals surface area contributed by atoms with Gasteiger partial charge in [0, 0.05) is 6.54 Å². The van der Waals surface area contributed by atoms with Gasteiger partial charge in [-0.05, 0) is 27.6 Å². The molecular formula is C10H11BrFNO2. The van der Waals surface area contributed by atoms with E-state index in [-0.39, 0.29) is 11.9 Å². The number of halogens is 2. The van der Waals surface area contributed by atoms with Crippen molar-refractivity contribution in [1.29, 1.82) is 0 Å². The number of ether oxygens (including phenoxy) is 2. The van der Waals surface area contributed by atoms with Crippen LogP contribution in [0.2, 0.25) is 0 Å². The van der Waals surface area contributed by atoms with Gasteiger partial charge in [0.25, 0.3) is 0 Å². The lowest BCUT2D eigenvalue weighted by molar-refractivity contribution is -0.0809. The molecule has 0 unspecified atom stereocenters. The highest BCUT2D eigenvalue weighted by Gasteiger charge is 2.22. The zero-order valence-corrected chi connectivity index (χ0v) is 9.59. The number of benzene rings is 1. The minimum Gasteiger partial charge on any atom is -0.482 e. The van der Waals surface area contributed by atoms with E-state index in [9.17, 15) is 4.39 Å². The van der Waals surface area contributed by atoms with E-state index in [0.717, 1.165) is 5.56 Å². The molecule has 0 bridgehead atoms. The van der Waals surface area contributed by atoms with Gasteiger partial charge in [-0.1, -0.05) is 6.07 Å². The first-order valence-electron chi connectivity index (χ1n) is 4.63. The lowest BCUT2D eigenvalue weighted by Crippen LogP contribution is -2.38. The molecule has 1 aliphatic rings. The molecule has 15 heavy (non-hydrogen) atoms. The molecule has 0 aliphatic carbocycles. The van der Waals surface area contributed by atoms with E-state index in [4.69, 9.17) is 15.2 Å². The minimum absolute atomic E-state index is 0.0323. The van der Waals surface area contributed by atoms with Crippen LogP contribution in [0.4, 0.5) is 4.39 Å². The van der Waals surface area contributed by atoms with E-state index >= 15 is 0 Å². The first kappa shape index (κ1) is 10.9. The number of rotatable bonds is 3. The molecule has 0 atom stereocenters. The van der Waals surface area contributed by atoms with Gasteiger partial charge in [-0.15, -0.1) is 0 Å². The van der Waals surface area contributed by atoms with Crippen LogP contribution in [0.3, 0.4) is 0 Å². The second-order valence-corrected chi connectivity index (χ2v) is 4.13. The number of hydrogen-bond acceptors (Lipinski definition) is 3. The predicted molar refractivity (Wildman–Crippen MR) is 57.2 cm³/mol. The summed E-state index contributed by atoms with van der Waals surface area (Å²) in [6, 6.07) is 3.35. The molecule has 0 saturated carbocycles. The third-order valence-electron chi connectivity index (χ3n) is 2.25. The normalized spacial score (nSPS) is 16.2. The van der Waals surface area contributed by atoms with Gasteiger partial charge in [-0.3, -0.25) is 0 Å². The topological polar surface area (TPSA) is 44.5 Å². The van der Waals surface area contributed by atoms with E-state index in [1.54, 1.807) is 12.1 Å². The fourth-order valence-electron chi connectivity index (χ4n) is 1.28. The van der Waals surface area contributed by atoms with Crippen LogP contribution in [-0.2, 0) is 11.3 Å². The summed E-state index contributed by atoms with van der Waals surface area (Å²) in [5.74, 6) is -0.155. The Bertz CT molecular complexity index is 369. The fraction of sp³-hybridized carbons (Fsp3) is 0.400. The molecule has 1 aliphatic heterocycles. The largest absolute Gasteiger partial charge is 0.482 e. The summed E-state index contributed by atoms with van der Waals surface area (Å²) in [4.78, 5) is 0. The van der Waals surface area contributed by atoms with Crippen molar-refractivity contribution in [3.63, 3.8) is 0 Å². The van der Waals surface area contributed by atoms with Crippen LogP contribution < -0.4 is 10.5 Å². The number of nitrogens with two attached hydrogens (primary N) is 1. The second kappa shape index (κ2) is 4.47. The molecule has 2 N–H and O–H groups in total. The van der Waals surface area contributed by atoms with Crippen LogP contribution >= 0.6 is 15.9 Å². The van der Waals surface area contributed by atoms with Crippen LogP contribution in [0.15, 0.2) is 16.6 Å². The van der Waals surface area contributed by atoms with Crippen molar-refractivity contribution in [2.45, 2.75) is 12.6 Å². The summed E-state index contributed by atoms with van der Waals surface area (Å²) in [6.45, 7) is 1.34. The molecule has 2 rings (SSSR count). The SMILES string of the molecule is NCc1ccc(OC2COC2)c(F)c1Br. The molecule has 1 aromatic carbocycles. The molecule has 82 valence electrons. The molecule has 1 fully saturated rings. The maximum absolute atomic E-state index is 13.7. The third kappa shape index (κ3) is 2.14. The van der Waals surface area contributed by atoms with E-state index in [2.05, 4.69) is 15.9 Å². The van der Waals surface area contributed by atoms with Gasteiger partial charge in [0.05, 0.1) is 17.7 Å². The van der Waals surface area contributed by atoms with Crippen LogP contribution in [0, 0.1) is 5.82 Å². The van der Waals surface area contributed by atoms with E-state index in [0.29, 0.717) is 24.2 Å². The van der Waals surface area contributed by atoms with Crippen LogP contribution in [0.5, 0.6) is 5.75 Å².